The second-order valence-electron chi connectivity index (χ2n) is 4.69. The molecular formula is C13H15N3O4S. The van der Waals surface area contributed by atoms with E-state index in [0.717, 1.165) is 6.42 Å². The van der Waals surface area contributed by atoms with Gasteiger partial charge in [0.15, 0.2) is 11.5 Å². The van der Waals surface area contributed by atoms with Crippen LogP contribution in [0.3, 0.4) is 0 Å². The summed E-state index contributed by atoms with van der Waals surface area (Å²) < 4.78 is 38.2. The highest BCUT2D eigenvalue weighted by molar-refractivity contribution is 7.92. The molecule has 21 heavy (non-hydrogen) atoms. The van der Waals surface area contributed by atoms with E-state index < -0.39 is 10.0 Å². The van der Waals surface area contributed by atoms with Crippen molar-refractivity contribution < 1.29 is 17.9 Å². The number of fused-ring (bicyclic) bond motifs is 1. The molecule has 0 fully saturated rings. The van der Waals surface area contributed by atoms with Gasteiger partial charge in [-0.2, -0.15) is 5.10 Å². The Morgan fingerprint density at radius 1 is 1.24 bits per heavy atom. The molecule has 2 N–H and O–H groups in total. The van der Waals surface area contributed by atoms with Gasteiger partial charge in [-0.3, -0.25) is 9.82 Å². The fourth-order valence-electron chi connectivity index (χ4n) is 1.95. The molecule has 0 spiro atoms. The normalized spacial score (nSPS) is 14.5. The zero-order valence-corrected chi connectivity index (χ0v) is 12.2. The van der Waals surface area contributed by atoms with Crippen LogP contribution in [0.15, 0.2) is 29.3 Å². The average Bonchev–Trinajstić information content (AvgIpc) is 2.73. The topological polar surface area (TPSA) is 93.3 Å². The fourth-order valence-corrected chi connectivity index (χ4v) is 3.06. The lowest BCUT2D eigenvalue weighted by atomic mass is 10.3. The molecular weight excluding hydrogens is 294 g/mol. The second kappa shape index (κ2) is 5.28. The first-order valence-corrected chi connectivity index (χ1v) is 7.97. The number of aromatic amines is 1. The Labute approximate surface area is 122 Å². The summed E-state index contributed by atoms with van der Waals surface area (Å²) in [5.74, 6) is 1.35. The number of hydrogen-bond acceptors (Lipinski definition) is 5. The zero-order chi connectivity index (χ0) is 14.9. The van der Waals surface area contributed by atoms with Crippen LogP contribution in [-0.4, -0.2) is 31.8 Å². The van der Waals surface area contributed by atoms with Crippen LogP contribution in [0.4, 0.5) is 5.82 Å². The average molecular weight is 309 g/mol. The van der Waals surface area contributed by atoms with Crippen LogP contribution in [0, 0.1) is 6.92 Å². The molecule has 0 bridgehead atoms. The van der Waals surface area contributed by atoms with Crippen LogP contribution < -0.4 is 14.2 Å². The number of aryl methyl sites for hydroxylation is 1. The summed E-state index contributed by atoms with van der Waals surface area (Å²) in [4.78, 5) is 0.112. The first kappa shape index (κ1) is 13.7. The monoisotopic (exact) mass is 309 g/mol. The summed E-state index contributed by atoms with van der Waals surface area (Å²) in [6.45, 7) is 2.82. The minimum absolute atomic E-state index is 0.112. The standard InChI is InChI=1S/C13H15N3O4S/c1-9-8-14-15-13(9)16-21(17,18)10-3-4-11-12(7-10)20-6-2-5-19-11/h3-4,7-8H,2,5-6H2,1H3,(H2,14,15,16). The fraction of sp³-hybridized carbons (Fsp3) is 0.308. The predicted octanol–water partition coefficient (Wildman–Crippen LogP) is 1.68. The van der Waals surface area contributed by atoms with E-state index in [2.05, 4.69) is 14.9 Å². The quantitative estimate of drug-likeness (QED) is 0.899. The smallest absolute Gasteiger partial charge is 0.263 e. The van der Waals surface area contributed by atoms with Crippen molar-refractivity contribution in [3.63, 3.8) is 0 Å². The number of rotatable bonds is 3. The molecule has 1 aromatic heterocycles. The summed E-state index contributed by atoms with van der Waals surface area (Å²) in [7, 11) is -3.71. The SMILES string of the molecule is Cc1cn[nH]c1NS(=O)(=O)c1ccc2c(c1)OCCCO2. The van der Waals surface area contributed by atoms with Gasteiger partial charge >= 0.3 is 0 Å². The lowest BCUT2D eigenvalue weighted by Gasteiger charge is -2.11. The summed E-state index contributed by atoms with van der Waals surface area (Å²) in [5, 5.41) is 6.39. The first-order valence-electron chi connectivity index (χ1n) is 6.49. The maximum atomic E-state index is 12.4. The summed E-state index contributed by atoms with van der Waals surface area (Å²) in [5.41, 5.74) is 0.716. The van der Waals surface area contributed by atoms with Gasteiger partial charge in [0.1, 0.15) is 5.82 Å². The van der Waals surface area contributed by atoms with Gasteiger partial charge in [0.05, 0.1) is 24.3 Å². The van der Waals surface area contributed by atoms with Gasteiger partial charge in [0.25, 0.3) is 10.0 Å². The minimum atomic E-state index is -3.71. The van der Waals surface area contributed by atoms with Crippen LogP contribution in [0.2, 0.25) is 0 Å². The second-order valence-corrected chi connectivity index (χ2v) is 6.37. The molecule has 0 amide bonds. The number of ether oxygens (including phenoxy) is 2. The zero-order valence-electron chi connectivity index (χ0n) is 11.4. The third kappa shape index (κ3) is 2.80. The van der Waals surface area contributed by atoms with Crippen LogP contribution in [-0.2, 0) is 10.0 Å². The summed E-state index contributed by atoms with van der Waals surface area (Å²) >= 11 is 0. The Morgan fingerprint density at radius 3 is 2.71 bits per heavy atom. The molecule has 1 aliphatic heterocycles. The number of H-pyrrole nitrogens is 1. The lowest BCUT2D eigenvalue weighted by molar-refractivity contribution is 0.297. The van der Waals surface area contributed by atoms with E-state index in [1.807, 2.05) is 0 Å². The number of hydrogen-bond donors (Lipinski definition) is 2. The van der Waals surface area contributed by atoms with Crippen molar-refractivity contribution in [1.82, 2.24) is 10.2 Å². The molecule has 0 unspecified atom stereocenters. The minimum Gasteiger partial charge on any atom is -0.490 e. The molecule has 8 heteroatoms. The molecule has 0 saturated carbocycles. The molecule has 2 aromatic rings. The molecule has 3 rings (SSSR count). The molecule has 2 heterocycles. The Balaban J connectivity index is 1.92. The Morgan fingerprint density at radius 2 is 2.00 bits per heavy atom. The molecule has 7 nitrogen and oxygen atoms in total. The van der Waals surface area contributed by atoms with Gasteiger partial charge in [-0.1, -0.05) is 0 Å². The van der Waals surface area contributed by atoms with Crippen LogP contribution in [0.25, 0.3) is 0 Å². The number of aromatic nitrogens is 2. The largest absolute Gasteiger partial charge is 0.490 e. The molecule has 1 aliphatic rings. The summed E-state index contributed by atoms with van der Waals surface area (Å²) in [6.07, 6.45) is 2.31. The molecule has 0 aliphatic carbocycles. The highest BCUT2D eigenvalue weighted by Crippen LogP contribution is 2.32. The van der Waals surface area contributed by atoms with Crippen molar-refractivity contribution in [2.45, 2.75) is 18.2 Å². The van der Waals surface area contributed by atoms with E-state index in [9.17, 15) is 8.42 Å². The number of benzene rings is 1. The van der Waals surface area contributed by atoms with Crippen molar-refractivity contribution >= 4 is 15.8 Å². The van der Waals surface area contributed by atoms with E-state index in [1.165, 1.54) is 12.1 Å². The van der Waals surface area contributed by atoms with Gasteiger partial charge in [0, 0.05) is 18.1 Å². The maximum absolute atomic E-state index is 12.4. The lowest BCUT2D eigenvalue weighted by Crippen LogP contribution is -2.14. The van der Waals surface area contributed by atoms with Gasteiger partial charge in [-0.05, 0) is 19.1 Å². The van der Waals surface area contributed by atoms with Gasteiger partial charge < -0.3 is 9.47 Å². The number of nitrogens with one attached hydrogen (secondary N) is 2. The maximum Gasteiger partial charge on any atom is 0.263 e. The molecule has 0 radical (unpaired) electrons. The third-order valence-electron chi connectivity index (χ3n) is 3.09. The Hall–Kier alpha value is -2.22. The van der Waals surface area contributed by atoms with Crippen LogP contribution in [0.1, 0.15) is 12.0 Å². The van der Waals surface area contributed by atoms with Gasteiger partial charge in [0.2, 0.25) is 0 Å². The molecule has 112 valence electrons. The third-order valence-corrected chi connectivity index (χ3v) is 4.44. The molecule has 1 aromatic carbocycles. The number of nitrogens with zero attached hydrogens (tertiary/aromatic N) is 1. The first-order chi connectivity index (χ1) is 10.1. The van der Waals surface area contributed by atoms with Crippen molar-refractivity contribution in [2.75, 3.05) is 17.9 Å². The van der Waals surface area contributed by atoms with E-state index in [4.69, 9.17) is 9.47 Å². The summed E-state index contributed by atoms with van der Waals surface area (Å²) in [6, 6.07) is 4.56. The van der Waals surface area contributed by atoms with Crippen molar-refractivity contribution in [3.05, 3.63) is 30.0 Å². The van der Waals surface area contributed by atoms with E-state index in [0.29, 0.717) is 36.1 Å². The Bertz CT molecular complexity index is 755. The van der Waals surface area contributed by atoms with Crippen LogP contribution >= 0.6 is 0 Å². The van der Waals surface area contributed by atoms with Gasteiger partial charge in [-0.15, -0.1) is 0 Å². The highest BCUT2D eigenvalue weighted by atomic mass is 32.2. The predicted molar refractivity (Wildman–Crippen MR) is 76.2 cm³/mol. The number of sulfonamides is 1. The van der Waals surface area contributed by atoms with Crippen molar-refractivity contribution in [1.29, 1.82) is 0 Å². The van der Waals surface area contributed by atoms with Gasteiger partial charge in [-0.25, -0.2) is 8.42 Å². The van der Waals surface area contributed by atoms with E-state index in [1.54, 1.807) is 19.2 Å². The van der Waals surface area contributed by atoms with Crippen molar-refractivity contribution in [2.24, 2.45) is 0 Å². The highest BCUT2D eigenvalue weighted by Gasteiger charge is 2.20. The van der Waals surface area contributed by atoms with Crippen LogP contribution in [0.5, 0.6) is 11.5 Å². The Kier molecular flexibility index (Phi) is 3.46. The van der Waals surface area contributed by atoms with Crippen molar-refractivity contribution in [3.8, 4) is 11.5 Å². The molecule has 0 saturated heterocycles. The molecule has 0 atom stereocenters. The van der Waals surface area contributed by atoms with E-state index >= 15 is 0 Å². The number of anilines is 1. The van der Waals surface area contributed by atoms with E-state index in [-0.39, 0.29) is 4.90 Å².